The standard InChI is InChI=1S/C46H37N2O3PS.ClH/c1-46(39(34-22-10-3-11-23-34)35-24-12-4-13-25-35)42(41(45(50)51)48-43(49)40(44(48)53-46)47-32-33-20-8-2-9-21-33)52(36-26-14-5-15-27-36,37-28-16-6-17-29-37)38-30-18-7-19-31-38;/h2-32,39-40,44H,1H3;1H/t40?,44-,46?;/m1./s1. The van der Waals surface area contributed by atoms with Crippen molar-refractivity contribution in [3.63, 3.8) is 0 Å². The topological polar surface area (TPSA) is 70.0 Å². The number of β-lactam (4-membered cyclic amide) rings is 1. The molecule has 1 N–H and O–H groups in total. The van der Waals surface area contributed by atoms with Crippen molar-refractivity contribution in [2.75, 3.05) is 0 Å². The number of fused-ring (bicyclic) bond motifs is 1. The van der Waals surface area contributed by atoms with Gasteiger partial charge in [-0.05, 0) is 60.0 Å². The van der Waals surface area contributed by atoms with Gasteiger partial charge in [-0.1, -0.05) is 146 Å². The van der Waals surface area contributed by atoms with Crippen molar-refractivity contribution in [1.29, 1.82) is 0 Å². The Kier molecular flexibility index (Phi) is 10.7. The van der Waals surface area contributed by atoms with Crippen molar-refractivity contribution in [2.45, 2.75) is 29.0 Å². The molecule has 6 aromatic carbocycles. The number of hydrogen-bond acceptors (Lipinski definition) is 4. The van der Waals surface area contributed by atoms with E-state index in [1.807, 2.05) is 121 Å². The van der Waals surface area contributed by atoms with E-state index in [-0.39, 0.29) is 29.9 Å². The first-order valence-corrected chi connectivity index (χ1v) is 20.3. The summed E-state index contributed by atoms with van der Waals surface area (Å²) in [4.78, 5) is 35.1. The molecule has 268 valence electrons. The SMILES string of the molecule is CC1(C(c2ccccc2)c2ccccc2)S[C@@H]2C(N=Cc3ccccc3)C(=O)N2C(C(=O)O)=C1[P+](c1ccccc1)(c1ccccc1)c1ccccc1.[Cl-]. The fourth-order valence-electron chi connectivity index (χ4n) is 8.11. The van der Waals surface area contributed by atoms with Crippen molar-refractivity contribution < 1.29 is 27.1 Å². The first-order chi connectivity index (χ1) is 25.9. The molecule has 1 amide bonds. The highest BCUT2D eigenvalue weighted by Crippen LogP contribution is 2.74. The minimum absolute atomic E-state index is 0. The summed E-state index contributed by atoms with van der Waals surface area (Å²) in [5, 5.41) is 14.9. The third kappa shape index (κ3) is 6.28. The average molecular weight is 765 g/mol. The van der Waals surface area contributed by atoms with Crippen LogP contribution in [0.2, 0.25) is 0 Å². The number of aliphatic imine (C=N–C) groups is 1. The third-order valence-electron chi connectivity index (χ3n) is 10.3. The Balaban J connectivity index is 0.00000450. The molecule has 2 aliphatic heterocycles. The summed E-state index contributed by atoms with van der Waals surface area (Å²) in [5.41, 5.74) is 3.05. The molecular formula is C46H38ClN2O3PS. The van der Waals surface area contributed by atoms with E-state index < -0.39 is 29.4 Å². The molecule has 8 heteroatoms. The van der Waals surface area contributed by atoms with Crippen LogP contribution in [0, 0.1) is 0 Å². The lowest BCUT2D eigenvalue weighted by molar-refractivity contribution is -0.147. The summed E-state index contributed by atoms with van der Waals surface area (Å²) in [6.45, 7) is 2.21. The Morgan fingerprint density at radius 1 is 0.685 bits per heavy atom. The predicted octanol–water partition coefficient (Wildman–Crippen LogP) is 5.27. The fraction of sp³-hybridized carbons (Fsp3) is 0.109. The lowest BCUT2D eigenvalue weighted by Gasteiger charge is -2.56. The van der Waals surface area contributed by atoms with Gasteiger partial charge in [0.1, 0.15) is 33.9 Å². The average Bonchev–Trinajstić information content (AvgIpc) is 3.21. The third-order valence-corrected chi connectivity index (χ3v) is 16.6. The van der Waals surface area contributed by atoms with E-state index in [4.69, 9.17) is 4.99 Å². The van der Waals surface area contributed by atoms with Gasteiger partial charge in [-0.25, -0.2) is 4.79 Å². The quantitative estimate of drug-likeness (QED) is 0.117. The highest BCUT2D eigenvalue weighted by Gasteiger charge is 2.69. The number of carbonyl (C=O) groups excluding carboxylic acids is 1. The van der Waals surface area contributed by atoms with Gasteiger partial charge in [-0.3, -0.25) is 14.7 Å². The normalized spacial score (nSPS) is 19.6. The van der Waals surface area contributed by atoms with Crippen LogP contribution < -0.4 is 28.3 Å². The van der Waals surface area contributed by atoms with Crippen LogP contribution in [-0.2, 0) is 9.59 Å². The molecule has 2 aliphatic rings. The summed E-state index contributed by atoms with van der Waals surface area (Å²) < 4.78 is -0.909. The Morgan fingerprint density at radius 3 is 1.48 bits per heavy atom. The maximum atomic E-state index is 14.4. The molecule has 54 heavy (non-hydrogen) atoms. The number of nitrogens with zero attached hydrogens (tertiary/aromatic N) is 2. The van der Waals surface area contributed by atoms with Crippen molar-refractivity contribution >= 4 is 53.0 Å². The van der Waals surface area contributed by atoms with E-state index in [0.29, 0.717) is 0 Å². The van der Waals surface area contributed by atoms with Gasteiger partial charge in [-0.2, -0.15) is 0 Å². The molecule has 0 aliphatic carbocycles. The first-order valence-electron chi connectivity index (χ1n) is 17.7. The van der Waals surface area contributed by atoms with E-state index in [1.165, 1.54) is 4.90 Å². The zero-order valence-electron chi connectivity index (χ0n) is 29.5. The molecule has 1 saturated heterocycles. The molecule has 2 heterocycles. The summed E-state index contributed by atoms with van der Waals surface area (Å²) in [7, 11) is -3.05. The molecule has 1 fully saturated rings. The highest BCUT2D eigenvalue weighted by molar-refractivity contribution is 8.05. The number of rotatable bonds is 10. The number of amides is 1. The van der Waals surface area contributed by atoms with E-state index in [9.17, 15) is 14.7 Å². The molecule has 3 atom stereocenters. The van der Waals surface area contributed by atoms with Gasteiger partial charge in [0.25, 0.3) is 5.91 Å². The zero-order valence-corrected chi connectivity index (χ0v) is 32.0. The molecule has 5 nitrogen and oxygen atoms in total. The first kappa shape index (κ1) is 37.1. The lowest BCUT2D eigenvalue weighted by Crippen LogP contribution is -3.00. The van der Waals surface area contributed by atoms with Crippen LogP contribution in [0.15, 0.2) is 198 Å². The number of hydrogen-bond donors (Lipinski definition) is 1. The Morgan fingerprint density at radius 2 is 1.07 bits per heavy atom. The van der Waals surface area contributed by atoms with Crippen molar-refractivity contribution in [3.05, 3.63) is 210 Å². The van der Waals surface area contributed by atoms with E-state index >= 15 is 0 Å². The van der Waals surface area contributed by atoms with E-state index in [2.05, 4.69) is 67.6 Å². The van der Waals surface area contributed by atoms with Gasteiger partial charge in [0.05, 0.1) is 4.75 Å². The highest BCUT2D eigenvalue weighted by atomic mass is 35.5. The molecule has 8 rings (SSSR count). The Hall–Kier alpha value is -5.26. The Labute approximate surface area is 327 Å². The van der Waals surface area contributed by atoms with Gasteiger partial charge in [0.15, 0.2) is 11.7 Å². The minimum atomic E-state index is -3.05. The van der Waals surface area contributed by atoms with Gasteiger partial charge in [-0.15, -0.1) is 11.8 Å². The minimum Gasteiger partial charge on any atom is -1.00 e. The van der Waals surface area contributed by atoms with Crippen LogP contribution in [-0.4, -0.2) is 44.3 Å². The molecule has 6 aromatic rings. The van der Waals surface area contributed by atoms with Crippen molar-refractivity contribution in [2.24, 2.45) is 4.99 Å². The van der Waals surface area contributed by atoms with Gasteiger partial charge in [0, 0.05) is 12.1 Å². The number of benzene rings is 6. The number of thioether (sulfide) groups is 1. The summed E-state index contributed by atoms with van der Waals surface area (Å²) in [5.74, 6) is -1.73. The predicted molar refractivity (Wildman–Crippen MR) is 219 cm³/mol. The van der Waals surface area contributed by atoms with Gasteiger partial charge >= 0.3 is 5.97 Å². The zero-order chi connectivity index (χ0) is 36.4. The number of aliphatic carboxylic acids is 1. The fourth-order valence-corrected chi connectivity index (χ4v) is 15.3. The number of halogens is 1. The summed E-state index contributed by atoms with van der Waals surface area (Å²) >= 11 is 1.67. The van der Waals surface area contributed by atoms with Crippen LogP contribution in [0.4, 0.5) is 0 Å². The van der Waals surface area contributed by atoms with Crippen LogP contribution in [0.1, 0.15) is 29.5 Å². The number of carboxylic acids is 1. The van der Waals surface area contributed by atoms with Crippen molar-refractivity contribution in [3.8, 4) is 0 Å². The monoisotopic (exact) mass is 764 g/mol. The Bertz CT molecular complexity index is 2160. The van der Waals surface area contributed by atoms with Crippen molar-refractivity contribution in [1.82, 2.24) is 4.90 Å². The van der Waals surface area contributed by atoms with Crippen LogP contribution in [0.25, 0.3) is 0 Å². The number of carbonyl (C=O) groups is 2. The van der Waals surface area contributed by atoms with Gasteiger partial charge in [0.2, 0.25) is 0 Å². The van der Waals surface area contributed by atoms with Crippen LogP contribution >= 0.6 is 19.0 Å². The smallest absolute Gasteiger partial charge is 0.356 e. The molecule has 2 unspecified atom stereocenters. The number of carboxylic acid groups (broad SMARTS) is 1. The van der Waals surface area contributed by atoms with Crippen LogP contribution in [0.3, 0.4) is 0 Å². The molecule has 0 saturated carbocycles. The second-order valence-electron chi connectivity index (χ2n) is 13.4. The molecule has 0 radical (unpaired) electrons. The lowest BCUT2D eigenvalue weighted by atomic mass is 9.79. The van der Waals surface area contributed by atoms with Crippen LogP contribution in [0.5, 0.6) is 0 Å². The molecular weight excluding hydrogens is 727 g/mol. The molecule has 0 aromatic heterocycles. The second kappa shape index (κ2) is 15.6. The van der Waals surface area contributed by atoms with E-state index in [1.54, 1.807) is 18.0 Å². The maximum absolute atomic E-state index is 14.4. The largest absolute Gasteiger partial charge is 1.00 e. The second-order valence-corrected chi connectivity index (χ2v) is 18.3. The summed E-state index contributed by atoms with van der Waals surface area (Å²) in [6, 6.07) is 60.6. The molecule has 0 spiro atoms. The van der Waals surface area contributed by atoms with Gasteiger partial charge < -0.3 is 17.5 Å². The maximum Gasteiger partial charge on any atom is 0.356 e. The molecule has 0 bridgehead atoms. The summed E-state index contributed by atoms with van der Waals surface area (Å²) in [6.07, 6.45) is 1.73. The van der Waals surface area contributed by atoms with E-state index in [0.717, 1.165) is 37.9 Å².